The monoisotopic (exact) mass is 591 g/mol. The van der Waals surface area contributed by atoms with Crippen LogP contribution in [0.1, 0.15) is 11.1 Å². The zero-order valence-electron chi connectivity index (χ0n) is 25.5. The Balaban J connectivity index is 1.21. The van der Waals surface area contributed by atoms with Gasteiger partial charge in [-0.25, -0.2) is 19.8 Å². The molecule has 46 heavy (non-hydrogen) atoms. The summed E-state index contributed by atoms with van der Waals surface area (Å²) in [5, 5.41) is 0. The molecule has 5 nitrogen and oxygen atoms in total. The highest BCUT2D eigenvalue weighted by Gasteiger charge is 2.14. The summed E-state index contributed by atoms with van der Waals surface area (Å²) >= 11 is 0. The summed E-state index contributed by atoms with van der Waals surface area (Å²) < 4.78 is 0. The lowest BCUT2D eigenvalue weighted by Gasteiger charge is -2.12. The van der Waals surface area contributed by atoms with Crippen LogP contribution in [0, 0.1) is 20.4 Å². The van der Waals surface area contributed by atoms with Gasteiger partial charge in [-0.1, -0.05) is 126 Å². The molecule has 2 heterocycles. The van der Waals surface area contributed by atoms with Gasteiger partial charge in [-0.3, -0.25) is 4.98 Å². The molecule has 2 aromatic heterocycles. The standard InChI is InChI=1S/C41H29N5/c1-27-22-28(2)24-34(23-27)37-15-8-7-14-36(37)29-16-18-30(19-17-29)38-21-20-33(26-43-38)41-45-39(31-10-5-4-6-11-31)44-40(46-41)32-12-9-13-35(25-32)42-3/h4-26H,1-2H3. The molecule has 0 fully saturated rings. The van der Waals surface area contributed by atoms with Crippen molar-refractivity contribution in [1.29, 1.82) is 0 Å². The predicted molar refractivity (Wildman–Crippen MR) is 186 cm³/mol. The first kappa shape index (κ1) is 28.5. The molecule has 0 atom stereocenters. The zero-order valence-corrected chi connectivity index (χ0v) is 25.5. The Labute approximate surface area is 268 Å². The van der Waals surface area contributed by atoms with E-state index in [1.165, 1.54) is 27.8 Å². The molecular formula is C41H29N5. The van der Waals surface area contributed by atoms with Gasteiger partial charge >= 0.3 is 0 Å². The quantitative estimate of drug-likeness (QED) is 0.181. The van der Waals surface area contributed by atoms with Gasteiger partial charge in [0.1, 0.15) is 0 Å². The molecule has 218 valence electrons. The van der Waals surface area contributed by atoms with E-state index >= 15 is 0 Å². The number of aromatic nitrogens is 4. The smallest absolute Gasteiger partial charge is 0.187 e. The minimum atomic E-state index is 0.509. The van der Waals surface area contributed by atoms with Gasteiger partial charge in [-0.2, -0.15) is 0 Å². The van der Waals surface area contributed by atoms with Crippen molar-refractivity contribution in [3.63, 3.8) is 0 Å². The first-order valence-electron chi connectivity index (χ1n) is 15.1. The van der Waals surface area contributed by atoms with Crippen molar-refractivity contribution < 1.29 is 0 Å². The van der Waals surface area contributed by atoms with Crippen molar-refractivity contribution in [2.24, 2.45) is 0 Å². The Morgan fingerprint density at radius 2 is 1.02 bits per heavy atom. The number of benzene rings is 5. The van der Waals surface area contributed by atoms with Crippen LogP contribution in [0.3, 0.4) is 0 Å². The fraction of sp³-hybridized carbons (Fsp3) is 0.0488. The number of rotatable bonds is 6. The summed E-state index contributed by atoms with van der Waals surface area (Å²) in [5.41, 5.74) is 12.2. The predicted octanol–water partition coefficient (Wildman–Crippen LogP) is 10.4. The molecule has 5 aromatic carbocycles. The molecule has 0 N–H and O–H groups in total. The lowest BCUT2D eigenvalue weighted by atomic mass is 9.92. The third kappa shape index (κ3) is 5.93. The van der Waals surface area contributed by atoms with E-state index < -0.39 is 0 Å². The third-order valence-electron chi connectivity index (χ3n) is 7.87. The Hall–Kier alpha value is -6.25. The maximum atomic E-state index is 7.43. The first-order chi connectivity index (χ1) is 22.5. The van der Waals surface area contributed by atoms with Gasteiger partial charge in [-0.05, 0) is 54.3 Å². The zero-order chi connectivity index (χ0) is 31.5. The average Bonchev–Trinajstić information content (AvgIpc) is 3.11. The summed E-state index contributed by atoms with van der Waals surface area (Å²) in [6.07, 6.45) is 1.81. The second-order valence-corrected chi connectivity index (χ2v) is 11.3. The molecular weight excluding hydrogens is 562 g/mol. The van der Waals surface area contributed by atoms with Crippen LogP contribution in [-0.2, 0) is 0 Å². The summed E-state index contributed by atoms with van der Waals surface area (Å²) in [5.74, 6) is 1.60. The minimum absolute atomic E-state index is 0.509. The highest BCUT2D eigenvalue weighted by Crippen LogP contribution is 2.34. The molecule has 0 saturated carbocycles. The first-order valence-corrected chi connectivity index (χ1v) is 15.1. The SMILES string of the molecule is [C-]#[N+]c1cccc(-c2nc(-c3ccccc3)nc(-c3ccc(-c4ccc(-c5ccccc5-c5cc(C)cc(C)c5)cc4)nc3)n2)c1. The Bertz CT molecular complexity index is 2190. The van der Waals surface area contributed by atoms with Gasteiger partial charge in [-0.15, -0.1) is 0 Å². The minimum Gasteiger partial charge on any atom is -0.255 e. The Kier molecular flexibility index (Phi) is 7.68. The van der Waals surface area contributed by atoms with Gasteiger partial charge in [0, 0.05) is 28.5 Å². The molecule has 0 radical (unpaired) electrons. The molecule has 0 aliphatic heterocycles. The normalized spacial score (nSPS) is 10.8. The maximum absolute atomic E-state index is 7.43. The summed E-state index contributed by atoms with van der Waals surface area (Å²) in [4.78, 5) is 22.8. The molecule has 0 unspecified atom stereocenters. The average molecular weight is 592 g/mol. The van der Waals surface area contributed by atoms with Crippen molar-refractivity contribution in [3.05, 3.63) is 162 Å². The van der Waals surface area contributed by atoms with Crippen molar-refractivity contribution in [1.82, 2.24) is 19.9 Å². The largest absolute Gasteiger partial charge is 0.255 e. The van der Waals surface area contributed by atoms with Gasteiger partial charge in [0.2, 0.25) is 0 Å². The highest BCUT2D eigenvalue weighted by atomic mass is 15.0. The molecule has 7 rings (SSSR count). The topological polar surface area (TPSA) is 55.9 Å². The van der Waals surface area contributed by atoms with E-state index in [-0.39, 0.29) is 0 Å². The van der Waals surface area contributed by atoms with Gasteiger partial charge in [0.15, 0.2) is 23.2 Å². The van der Waals surface area contributed by atoms with E-state index in [4.69, 9.17) is 26.5 Å². The molecule has 0 aliphatic rings. The van der Waals surface area contributed by atoms with Crippen LogP contribution in [0.15, 0.2) is 140 Å². The summed E-state index contributed by atoms with van der Waals surface area (Å²) in [6.45, 7) is 11.7. The molecule has 0 amide bonds. The van der Waals surface area contributed by atoms with Crippen molar-refractivity contribution in [3.8, 4) is 67.7 Å². The van der Waals surface area contributed by atoms with E-state index in [9.17, 15) is 0 Å². The molecule has 7 aromatic rings. The van der Waals surface area contributed by atoms with E-state index in [1.807, 2.05) is 60.8 Å². The fourth-order valence-electron chi connectivity index (χ4n) is 5.70. The van der Waals surface area contributed by atoms with Crippen molar-refractivity contribution in [2.75, 3.05) is 0 Å². The van der Waals surface area contributed by atoms with Crippen molar-refractivity contribution in [2.45, 2.75) is 13.8 Å². The van der Waals surface area contributed by atoms with Crippen molar-refractivity contribution >= 4 is 5.69 Å². The molecule has 5 heteroatoms. The lowest BCUT2D eigenvalue weighted by Crippen LogP contribution is -2.00. The van der Waals surface area contributed by atoms with E-state index in [0.29, 0.717) is 23.2 Å². The van der Waals surface area contributed by atoms with Gasteiger partial charge in [0.05, 0.1) is 12.3 Å². The van der Waals surface area contributed by atoms with Crippen LogP contribution >= 0.6 is 0 Å². The number of pyridine rings is 1. The van der Waals surface area contributed by atoms with Gasteiger partial charge < -0.3 is 0 Å². The maximum Gasteiger partial charge on any atom is 0.187 e. The number of hydrogen-bond acceptors (Lipinski definition) is 4. The summed E-state index contributed by atoms with van der Waals surface area (Å²) in [6, 6.07) is 45.0. The van der Waals surface area contributed by atoms with E-state index in [2.05, 4.69) is 85.4 Å². The molecule has 0 saturated heterocycles. The third-order valence-corrected chi connectivity index (χ3v) is 7.87. The number of nitrogens with zero attached hydrogens (tertiary/aromatic N) is 5. The Morgan fingerprint density at radius 1 is 0.457 bits per heavy atom. The van der Waals surface area contributed by atoms with Crippen LogP contribution in [0.25, 0.3) is 72.5 Å². The molecule has 0 bridgehead atoms. The molecule has 0 aliphatic carbocycles. The highest BCUT2D eigenvalue weighted by molar-refractivity contribution is 5.84. The number of hydrogen-bond donors (Lipinski definition) is 0. The number of aryl methyl sites for hydroxylation is 2. The van der Waals surface area contributed by atoms with Gasteiger partial charge in [0.25, 0.3) is 0 Å². The fourth-order valence-corrected chi connectivity index (χ4v) is 5.70. The second-order valence-electron chi connectivity index (χ2n) is 11.3. The van der Waals surface area contributed by atoms with Crippen LogP contribution < -0.4 is 0 Å². The van der Waals surface area contributed by atoms with Crippen LogP contribution in [0.2, 0.25) is 0 Å². The Morgan fingerprint density at radius 3 is 1.67 bits per heavy atom. The van der Waals surface area contributed by atoms with E-state index in [0.717, 1.165) is 33.5 Å². The van der Waals surface area contributed by atoms with Crippen LogP contribution in [0.5, 0.6) is 0 Å². The van der Waals surface area contributed by atoms with E-state index in [1.54, 1.807) is 12.1 Å². The second kappa shape index (κ2) is 12.4. The lowest BCUT2D eigenvalue weighted by molar-refractivity contribution is 1.07. The summed E-state index contributed by atoms with van der Waals surface area (Å²) in [7, 11) is 0. The molecule has 0 spiro atoms. The van der Waals surface area contributed by atoms with Crippen LogP contribution in [0.4, 0.5) is 5.69 Å². The van der Waals surface area contributed by atoms with Crippen LogP contribution in [-0.4, -0.2) is 19.9 Å².